The monoisotopic (exact) mass is 295 g/mol. The van der Waals surface area contributed by atoms with E-state index >= 15 is 0 Å². The molecule has 110 valence electrons. The number of thioether (sulfide) groups is 1. The van der Waals surface area contributed by atoms with Crippen LogP contribution < -0.4 is 5.32 Å². The van der Waals surface area contributed by atoms with E-state index in [0.29, 0.717) is 12.3 Å². The lowest BCUT2D eigenvalue weighted by molar-refractivity contribution is -0.138. The Bertz CT molecular complexity index is 422. The molecule has 0 aliphatic carbocycles. The molecule has 0 radical (unpaired) electrons. The lowest BCUT2D eigenvalue weighted by Crippen LogP contribution is -2.31. The number of nitrogens with one attached hydrogen (secondary N) is 1. The number of carbonyl (C=O) groups excluding carboxylic acids is 1. The minimum absolute atomic E-state index is 0.00979. The zero-order valence-electron chi connectivity index (χ0n) is 11.7. The highest BCUT2D eigenvalue weighted by Crippen LogP contribution is 2.11. The van der Waals surface area contributed by atoms with E-state index in [4.69, 9.17) is 5.11 Å². The summed E-state index contributed by atoms with van der Waals surface area (Å²) in [6.45, 7) is 2.37. The van der Waals surface area contributed by atoms with Crippen molar-refractivity contribution in [3.63, 3.8) is 0 Å². The van der Waals surface area contributed by atoms with Crippen LogP contribution in [0.2, 0.25) is 0 Å². The molecule has 0 bridgehead atoms. The summed E-state index contributed by atoms with van der Waals surface area (Å²) in [5.74, 6) is 0.369. The van der Waals surface area contributed by atoms with Crippen molar-refractivity contribution in [3.8, 4) is 0 Å². The van der Waals surface area contributed by atoms with Gasteiger partial charge in [-0.25, -0.2) is 0 Å². The number of carboxylic acids is 1. The Morgan fingerprint density at radius 1 is 1.30 bits per heavy atom. The molecule has 0 aromatic heterocycles. The molecule has 2 N–H and O–H groups in total. The van der Waals surface area contributed by atoms with Gasteiger partial charge in [0.05, 0.1) is 5.75 Å². The summed E-state index contributed by atoms with van der Waals surface area (Å²) >= 11 is 1.56. The Morgan fingerprint density at radius 2 is 2.00 bits per heavy atom. The third kappa shape index (κ3) is 7.19. The van der Waals surface area contributed by atoms with Crippen molar-refractivity contribution in [1.29, 1.82) is 0 Å². The van der Waals surface area contributed by atoms with Gasteiger partial charge in [-0.2, -0.15) is 0 Å². The largest absolute Gasteiger partial charge is 0.481 e. The van der Waals surface area contributed by atoms with Crippen LogP contribution in [-0.2, 0) is 15.3 Å². The number of benzene rings is 1. The van der Waals surface area contributed by atoms with E-state index in [2.05, 4.69) is 5.32 Å². The number of hydrogen-bond acceptors (Lipinski definition) is 3. The van der Waals surface area contributed by atoms with Crippen LogP contribution in [0.3, 0.4) is 0 Å². The molecule has 0 spiro atoms. The summed E-state index contributed by atoms with van der Waals surface area (Å²) in [7, 11) is 0. The molecule has 1 aromatic rings. The molecule has 1 rings (SSSR count). The molecule has 0 aliphatic rings. The van der Waals surface area contributed by atoms with Crippen molar-refractivity contribution in [2.24, 2.45) is 5.92 Å². The van der Waals surface area contributed by atoms with Crippen molar-refractivity contribution in [2.75, 3.05) is 12.3 Å². The summed E-state index contributed by atoms with van der Waals surface area (Å²) in [5, 5.41) is 11.5. The van der Waals surface area contributed by atoms with Crippen LogP contribution in [0.15, 0.2) is 30.3 Å². The molecule has 4 nitrogen and oxygen atoms in total. The first-order valence-corrected chi connectivity index (χ1v) is 7.87. The van der Waals surface area contributed by atoms with E-state index < -0.39 is 5.97 Å². The quantitative estimate of drug-likeness (QED) is 0.734. The van der Waals surface area contributed by atoms with Gasteiger partial charge in [-0.15, -0.1) is 11.8 Å². The number of carbonyl (C=O) groups is 2. The van der Waals surface area contributed by atoms with Crippen LogP contribution in [0.5, 0.6) is 0 Å². The van der Waals surface area contributed by atoms with Crippen LogP contribution in [0.1, 0.15) is 25.3 Å². The van der Waals surface area contributed by atoms with Gasteiger partial charge in [0.2, 0.25) is 5.91 Å². The Hall–Kier alpha value is -1.49. The zero-order chi connectivity index (χ0) is 14.8. The highest BCUT2D eigenvalue weighted by Gasteiger charge is 2.12. The van der Waals surface area contributed by atoms with E-state index in [-0.39, 0.29) is 18.2 Å². The fourth-order valence-electron chi connectivity index (χ4n) is 1.75. The molecular formula is C15H21NO3S. The summed E-state index contributed by atoms with van der Waals surface area (Å²) in [4.78, 5) is 22.3. The van der Waals surface area contributed by atoms with E-state index in [1.165, 1.54) is 5.56 Å². The zero-order valence-corrected chi connectivity index (χ0v) is 12.5. The van der Waals surface area contributed by atoms with Gasteiger partial charge in [-0.1, -0.05) is 43.7 Å². The summed E-state index contributed by atoms with van der Waals surface area (Å²) < 4.78 is 0. The van der Waals surface area contributed by atoms with E-state index in [1.54, 1.807) is 11.8 Å². The molecule has 0 fully saturated rings. The molecule has 20 heavy (non-hydrogen) atoms. The molecule has 0 heterocycles. The van der Waals surface area contributed by atoms with Gasteiger partial charge in [-0.3, -0.25) is 9.59 Å². The lowest BCUT2D eigenvalue weighted by Gasteiger charge is -2.13. The van der Waals surface area contributed by atoms with Crippen LogP contribution in [0.25, 0.3) is 0 Å². The second-order valence-corrected chi connectivity index (χ2v) is 5.64. The molecular weight excluding hydrogens is 274 g/mol. The minimum atomic E-state index is -0.815. The first-order chi connectivity index (χ1) is 9.61. The third-order valence-corrected chi connectivity index (χ3v) is 3.98. The Kier molecular flexibility index (Phi) is 7.80. The van der Waals surface area contributed by atoms with E-state index in [9.17, 15) is 9.59 Å². The number of amides is 1. The van der Waals surface area contributed by atoms with Gasteiger partial charge in [0.25, 0.3) is 0 Å². The lowest BCUT2D eigenvalue weighted by atomic mass is 10.0. The Morgan fingerprint density at radius 3 is 2.60 bits per heavy atom. The van der Waals surface area contributed by atoms with Crippen molar-refractivity contribution in [3.05, 3.63) is 35.9 Å². The number of carboxylic acid groups (broad SMARTS) is 1. The van der Waals surface area contributed by atoms with Gasteiger partial charge < -0.3 is 10.4 Å². The van der Waals surface area contributed by atoms with Crippen LogP contribution in [0, 0.1) is 5.92 Å². The average Bonchev–Trinajstić information content (AvgIpc) is 2.44. The maximum absolute atomic E-state index is 11.7. The molecule has 1 amide bonds. The van der Waals surface area contributed by atoms with Gasteiger partial charge in [0.1, 0.15) is 0 Å². The molecule has 1 atom stereocenters. The highest BCUT2D eigenvalue weighted by atomic mass is 32.2. The SMILES string of the molecule is CCC(CNC(=O)CSCc1ccccc1)CC(=O)O. The van der Waals surface area contributed by atoms with E-state index in [1.807, 2.05) is 37.3 Å². The second-order valence-electron chi connectivity index (χ2n) is 4.65. The van der Waals surface area contributed by atoms with E-state index in [0.717, 1.165) is 12.2 Å². The van der Waals surface area contributed by atoms with Crippen molar-refractivity contribution < 1.29 is 14.7 Å². The minimum Gasteiger partial charge on any atom is -0.481 e. The average molecular weight is 295 g/mol. The van der Waals surface area contributed by atoms with Crippen molar-refractivity contribution in [1.82, 2.24) is 5.32 Å². The van der Waals surface area contributed by atoms with Crippen LogP contribution >= 0.6 is 11.8 Å². The van der Waals surface area contributed by atoms with Crippen LogP contribution in [0.4, 0.5) is 0 Å². The standard InChI is InChI=1S/C15H21NO3S/c1-2-12(8-15(18)19)9-16-14(17)11-20-10-13-6-4-3-5-7-13/h3-7,12H,2,8-11H2,1H3,(H,16,17)(H,18,19). The molecule has 0 saturated heterocycles. The maximum atomic E-state index is 11.7. The Labute approximate surface area is 124 Å². The maximum Gasteiger partial charge on any atom is 0.303 e. The smallest absolute Gasteiger partial charge is 0.303 e. The van der Waals surface area contributed by atoms with Crippen molar-refractivity contribution >= 4 is 23.6 Å². The second kappa shape index (κ2) is 9.42. The molecule has 0 saturated carbocycles. The summed E-state index contributed by atoms with van der Waals surface area (Å²) in [5.41, 5.74) is 1.20. The third-order valence-electron chi connectivity index (χ3n) is 2.97. The molecule has 0 aliphatic heterocycles. The van der Waals surface area contributed by atoms with Crippen LogP contribution in [-0.4, -0.2) is 29.3 Å². The topological polar surface area (TPSA) is 66.4 Å². The molecule has 5 heteroatoms. The predicted octanol–water partition coefficient (Wildman–Crippen LogP) is 2.54. The predicted molar refractivity (Wildman–Crippen MR) is 81.6 cm³/mol. The highest BCUT2D eigenvalue weighted by molar-refractivity contribution is 7.99. The Balaban J connectivity index is 2.18. The van der Waals surface area contributed by atoms with Gasteiger partial charge in [0.15, 0.2) is 0 Å². The van der Waals surface area contributed by atoms with Gasteiger partial charge >= 0.3 is 5.97 Å². The first kappa shape index (κ1) is 16.6. The van der Waals surface area contributed by atoms with Gasteiger partial charge in [-0.05, 0) is 11.5 Å². The number of hydrogen-bond donors (Lipinski definition) is 2. The first-order valence-electron chi connectivity index (χ1n) is 6.72. The molecule has 1 unspecified atom stereocenters. The fourth-order valence-corrected chi connectivity index (χ4v) is 2.57. The number of aliphatic carboxylic acids is 1. The summed E-state index contributed by atoms with van der Waals surface area (Å²) in [6.07, 6.45) is 0.859. The molecule has 1 aromatic carbocycles. The normalized spacial score (nSPS) is 11.8. The number of rotatable bonds is 9. The van der Waals surface area contributed by atoms with Crippen molar-refractivity contribution in [2.45, 2.75) is 25.5 Å². The van der Waals surface area contributed by atoms with Gasteiger partial charge in [0, 0.05) is 18.7 Å². The fraction of sp³-hybridized carbons (Fsp3) is 0.467. The summed E-state index contributed by atoms with van der Waals surface area (Å²) in [6, 6.07) is 9.99.